The Kier molecular flexibility index (Phi) is 3.28. The minimum atomic E-state index is -0.523. The van der Waals surface area contributed by atoms with Gasteiger partial charge in [0.05, 0.1) is 5.56 Å². The average molecular weight is 244 g/mol. The van der Waals surface area contributed by atoms with E-state index >= 15 is 0 Å². The number of hydrogen-bond acceptors (Lipinski definition) is 2. The van der Waals surface area contributed by atoms with Gasteiger partial charge in [0, 0.05) is 18.4 Å². The van der Waals surface area contributed by atoms with Crippen molar-refractivity contribution in [1.29, 1.82) is 0 Å². The fourth-order valence-electron chi connectivity index (χ4n) is 1.63. The van der Waals surface area contributed by atoms with E-state index in [0.29, 0.717) is 11.4 Å². The van der Waals surface area contributed by atoms with Crippen molar-refractivity contribution >= 4 is 17.3 Å². The minimum absolute atomic E-state index is 0.0526. The summed E-state index contributed by atoms with van der Waals surface area (Å²) in [5, 5.41) is 0. The first kappa shape index (κ1) is 12.1. The van der Waals surface area contributed by atoms with Gasteiger partial charge in [-0.25, -0.2) is 4.39 Å². The second-order valence-electron chi connectivity index (χ2n) is 3.94. The summed E-state index contributed by atoms with van der Waals surface area (Å²) in [6.45, 7) is 0. The molecule has 2 aromatic carbocycles. The van der Waals surface area contributed by atoms with Crippen LogP contribution in [0.2, 0.25) is 0 Å². The first-order valence-corrected chi connectivity index (χ1v) is 5.47. The maximum Gasteiger partial charge on any atom is 0.260 e. The molecule has 92 valence electrons. The van der Waals surface area contributed by atoms with Crippen LogP contribution in [0, 0.1) is 5.82 Å². The lowest BCUT2D eigenvalue weighted by molar-refractivity contribution is 0.0989. The smallest absolute Gasteiger partial charge is 0.260 e. The molecule has 0 radical (unpaired) electrons. The number of carbonyl (C=O) groups is 1. The molecule has 18 heavy (non-hydrogen) atoms. The summed E-state index contributed by atoms with van der Waals surface area (Å²) in [5.74, 6) is -0.914. The van der Waals surface area contributed by atoms with Crippen LogP contribution >= 0.6 is 0 Å². The molecule has 3 nitrogen and oxygen atoms in total. The number of anilines is 2. The van der Waals surface area contributed by atoms with E-state index in [0.717, 1.165) is 0 Å². The highest BCUT2D eigenvalue weighted by Gasteiger charge is 2.16. The minimum Gasteiger partial charge on any atom is -0.399 e. The number of nitrogens with two attached hydrogens (primary N) is 1. The molecule has 0 bridgehead atoms. The molecule has 0 aliphatic heterocycles. The van der Waals surface area contributed by atoms with E-state index in [1.165, 1.54) is 17.0 Å². The Morgan fingerprint density at radius 1 is 1.11 bits per heavy atom. The third-order valence-corrected chi connectivity index (χ3v) is 2.69. The van der Waals surface area contributed by atoms with Gasteiger partial charge in [-0.2, -0.15) is 0 Å². The standard InChI is InChI=1S/C14H13FN2O/c1-17(11-8-6-10(16)7-9-11)14(18)12-4-2-3-5-13(12)15/h2-9H,16H2,1H3. The summed E-state index contributed by atoms with van der Waals surface area (Å²) in [4.78, 5) is 13.5. The van der Waals surface area contributed by atoms with Crippen LogP contribution in [0.3, 0.4) is 0 Å². The lowest BCUT2D eigenvalue weighted by Gasteiger charge is -2.17. The summed E-state index contributed by atoms with van der Waals surface area (Å²) in [6.07, 6.45) is 0. The Morgan fingerprint density at radius 3 is 2.33 bits per heavy atom. The zero-order valence-electron chi connectivity index (χ0n) is 9.93. The van der Waals surface area contributed by atoms with Gasteiger partial charge in [0.1, 0.15) is 5.82 Å². The number of halogens is 1. The maximum atomic E-state index is 13.5. The zero-order chi connectivity index (χ0) is 13.1. The molecule has 0 spiro atoms. The Labute approximate surface area is 105 Å². The Hall–Kier alpha value is -2.36. The van der Waals surface area contributed by atoms with Crippen molar-refractivity contribution in [2.45, 2.75) is 0 Å². The van der Waals surface area contributed by atoms with E-state index in [-0.39, 0.29) is 5.56 Å². The number of nitrogen functional groups attached to an aromatic ring is 1. The SMILES string of the molecule is CN(C(=O)c1ccccc1F)c1ccc(N)cc1. The predicted octanol–water partition coefficient (Wildman–Crippen LogP) is 2.68. The fourth-order valence-corrected chi connectivity index (χ4v) is 1.63. The second-order valence-corrected chi connectivity index (χ2v) is 3.94. The largest absolute Gasteiger partial charge is 0.399 e. The van der Waals surface area contributed by atoms with Crippen LogP contribution in [-0.4, -0.2) is 13.0 Å². The topological polar surface area (TPSA) is 46.3 Å². The highest BCUT2D eigenvalue weighted by atomic mass is 19.1. The average Bonchev–Trinajstić information content (AvgIpc) is 2.38. The van der Waals surface area contributed by atoms with Gasteiger partial charge in [-0.3, -0.25) is 4.79 Å². The highest BCUT2D eigenvalue weighted by molar-refractivity contribution is 6.05. The van der Waals surface area contributed by atoms with E-state index in [1.807, 2.05) is 0 Å². The molecule has 0 heterocycles. The molecule has 0 unspecified atom stereocenters. The molecular formula is C14H13FN2O. The van der Waals surface area contributed by atoms with Gasteiger partial charge in [0.25, 0.3) is 5.91 Å². The quantitative estimate of drug-likeness (QED) is 0.825. The van der Waals surface area contributed by atoms with Crippen LogP contribution in [0.5, 0.6) is 0 Å². The van der Waals surface area contributed by atoms with Gasteiger partial charge < -0.3 is 10.6 Å². The van der Waals surface area contributed by atoms with Gasteiger partial charge in [-0.15, -0.1) is 0 Å². The normalized spacial score (nSPS) is 10.1. The second kappa shape index (κ2) is 4.87. The van der Waals surface area contributed by atoms with Crippen molar-refractivity contribution in [2.24, 2.45) is 0 Å². The van der Waals surface area contributed by atoms with Gasteiger partial charge >= 0.3 is 0 Å². The summed E-state index contributed by atoms with van der Waals surface area (Å²) < 4.78 is 13.5. The number of hydrogen-bond donors (Lipinski definition) is 1. The predicted molar refractivity (Wildman–Crippen MR) is 70.0 cm³/mol. The van der Waals surface area contributed by atoms with E-state index in [1.54, 1.807) is 43.4 Å². The Balaban J connectivity index is 2.29. The molecular weight excluding hydrogens is 231 g/mol. The molecule has 0 aliphatic carbocycles. The summed E-state index contributed by atoms with van der Waals surface area (Å²) in [6, 6.07) is 12.7. The van der Waals surface area contributed by atoms with E-state index in [4.69, 9.17) is 5.73 Å². The summed E-state index contributed by atoms with van der Waals surface area (Å²) in [7, 11) is 1.60. The molecule has 0 saturated carbocycles. The molecule has 1 amide bonds. The first-order chi connectivity index (χ1) is 8.59. The monoisotopic (exact) mass is 244 g/mol. The Bertz CT molecular complexity index is 566. The molecule has 0 aliphatic rings. The number of carbonyl (C=O) groups excluding carboxylic acids is 1. The molecule has 4 heteroatoms. The van der Waals surface area contributed by atoms with Crippen molar-refractivity contribution in [1.82, 2.24) is 0 Å². The van der Waals surface area contributed by atoms with Crippen molar-refractivity contribution in [3.05, 3.63) is 59.9 Å². The van der Waals surface area contributed by atoms with Gasteiger partial charge in [0.2, 0.25) is 0 Å². The fraction of sp³-hybridized carbons (Fsp3) is 0.0714. The molecule has 2 rings (SSSR count). The number of benzene rings is 2. The van der Waals surface area contributed by atoms with Gasteiger partial charge in [-0.05, 0) is 36.4 Å². The molecule has 0 saturated heterocycles. The van der Waals surface area contributed by atoms with E-state index in [9.17, 15) is 9.18 Å². The molecule has 0 aromatic heterocycles. The number of nitrogens with zero attached hydrogens (tertiary/aromatic N) is 1. The summed E-state index contributed by atoms with van der Waals surface area (Å²) >= 11 is 0. The summed E-state index contributed by atoms with van der Waals surface area (Å²) in [5.41, 5.74) is 6.91. The first-order valence-electron chi connectivity index (χ1n) is 5.47. The van der Waals surface area contributed by atoms with Gasteiger partial charge in [0.15, 0.2) is 0 Å². The van der Waals surface area contributed by atoms with Gasteiger partial charge in [-0.1, -0.05) is 12.1 Å². The third kappa shape index (κ3) is 2.32. The van der Waals surface area contributed by atoms with Crippen LogP contribution in [0.15, 0.2) is 48.5 Å². The van der Waals surface area contributed by atoms with Crippen LogP contribution < -0.4 is 10.6 Å². The van der Waals surface area contributed by atoms with Crippen LogP contribution in [0.4, 0.5) is 15.8 Å². The number of rotatable bonds is 2. The van der Waals surface area contributed by atoms with Crippen LogP contribution in [-0.2, 0) is 0 Å². The zero-order valence-corrected chi connectivity index (χ0v) is 9.93. The maximum absolute atomic E-state index is 13.5. The lowest BCUT2D eigenvalue weighted by Crippen LogP contribution is -2.27. The van der Waals surface area contributed by atoms with Crippen LogP contribution in [0.25, 0.3) is 0 Å². The Morgan fingerprint density at radius 2 is 1.72 bits per heavy atom. The number of amides is 1. The lowest BCUT2D eigenvalue weighted by atomic mass is 10.1. The van der Waals surface area contributed by atoms with Crippen molar-refractivity contribution in [3.63, 3.8) is 0 Å². The van der Waals surface area contributed by atoms with Crippen molar-refractivity contribution in [2.75, 3.05) is 17.7 Å². The van der Waals surface area contributed by atoms with Crippen molar-refractivity contribution < 1.29 is 9.18 Å². The van der Waals surface area contributed by atoms with E-state index < -0.39 is 11.7 Å². The molecule has 2 aromatic rings. The highest BCUT2D eigenvalue weighted by Crippen LogP contribution is 2.18. The molecule has 0 fully saturated rings. The van der Waals surface area contributed by atoms with Crippen LogP contribution in [0.1, 0.15) is 10.4 Å². The molecule has 2 N–H and O–H groups in total. The third-order valence-electron chi connectivity index (χ3n) is 2.69. The van der Waals surface area contributed by atoms with Crippen molar-refractivity contribution in [3.8, 4) is 0 Å². The van der Waals surface area contributed by atoms with E-state index in [2.05, 4.69) is 0 Å². The molecule has 0 atom stereocenters.